The number of aromatic nitrogens is 2. The lowest BCUT2D eigenvalue weighted by atomic mass is 10.0. The van der Waals surface area contributed by atoms with E-state index in [4.69, 9.17) is 14.2 Å². The number of aliphatic hydroxyl groups excluding tert-OH is 1. The number of ether oxygens (including phenoxy) is 3. The number of hydrogen-bond acceptors (Lipinski definition) is 6. The van der Waals surface area contributed by atoms with E-state index in [1.165, 1.54) is 7.11 Å². The molecule has 0 spiro atoms. The lowest BCUT2D eigenvalue weighted by Crippen LogP contribution is -2.21. The standard InChI is InChI=1S/C23H38N2O5/c1-7-8-9-11-18(26)22-17(24-16(2)25(22)5)14-15-20-19(29-23(3,4)30-20)12-10-13-21(27)28-6/h14-15,18-20,26H,7-13H2,1-6H3/b15-14+/t18-,19?,20?/m0/s1. The van der Waals surface area contributed by atoms with E-state index < -0.39 is 11.9 Å². The Labute approximate surface area is 180 Å². The number of unbranched alkanes of at least 4 members (excludes halogenated alkanes) is 2. The monoisotopic (exact) mass is 422 g/mol. The molecule has 3 atom stereocenters. The molecule has 2 unspecified atom stereocenters. The summed E-state index contributed by atoms with van der Waals surface area (Å²) in [7, 11) is 3.33. The van der Waals surface area contributed by atoms with Gasteiger partial charge in [-0.1, -0.05) is 32.3 Å². The molecule has 0 amide bonds. The summed E-state index contributed by atoms with van der Waals surface area (Å²) in [6, 6.07) is 0. The fraction of sp³-hybridized carbons (Fsp3) is 0.739. The van der Waals surface area contributed by atoms with Gasteiger partial charge in [-0.25, -0.2) is 4.98 Å². The van der Waals surface area contributed by atoms with Gasteiger partial charge in [0.2, 0.25) is 0 Å². The molecule has 7 heteroatoms. The third-order valence-electron chi connectivity index (χ3n) is 5.55. The summed E-state index contributed by atoms with van der Waals surface area (Å²) in [4.78, 5) is 16.0. The van der Waals surface area contributed by atoms with Gasteiger partial charge in [0.25, 0.3) is 0 Å². The maximum absolute atomic E-state index is 11.4. The Morgan fingerprint density at radius 3 is 2.73 bits per heavy atom. The number of imidazole rings is 1. The van der Waals surface area contributed by atoms with Crippen LogP contribution in [0.2, 0.25) is 0 Å². The van der Waals surface area contributed by atoms with E-state index in [2.05, 4.69) is 11.9 Å². The van der Waals surface area contributed by atoms with Crippen molar-refractivity contribution in [3.8, 4) is 0 Å². The number of rotatable bonds is 11. The van der Waals surface area contributed by atoms with Crippen molar-refractivity contribution >= 4 is 12.0 Å². The lowest BCUT2D eigenvalue weighted by molar-refractivity contribution is -0.144. The highest BCUT2D eigenvalue weighted by atomic mass is 16.7. The molecule has 1 aromatic rings. The Bertz CT molecular complexity index is 725. The fourth-order valence-electron chi connectivity index (χ4n) is 3.88. The van der Waals surface area contributed by atoms with E-state index in [1.54, 1.807) is 0 Å². The largest absolute Gasteiger partial charge is 0.469 e. The Kier molecular flexibility index (Phi) is 9.07. The van der Waals surface area contributed by atoms with E-state index in [-0.39, 0.29) is 18.2 Å². The van der Waals surface area contributed by atoms with Crippen LogP contribution in [-0.4, -0.2) is 45.7 Å². The highest BCUT2D eigenvalue weighted by Gasteiger charge is 2.39. The summed E-state index contributed by atoms with van der Waals surface area (Å²) in [5.41, 5.74) is 1.60. The molecule has 0 aliphatic carbocycles. The first-order chi connectivity index (χ1) is 14.2. The molecule has 2 heterocycles. The highest BCUT2D eigenvalue weighted by Crippen LogP contribution is 2.32. The normalized spacial score (nSPS) is 22.0. The number of aryl methyl sites for hydroxylation is 1. The minimum Gasteiger partial charge on any atom is -0.469 e. The van der Waals surface area contributed by atoms with Crippen LogP contribution in [0.1, 0.15) is 89.0 Å². The minimum absolute atomic E-state index is 0.149. The van der Waals surface area contributed by atoms with E-state index in [0.717, 1.165) is 42.9 Å². The minimum atomic E-state index is -0.687. The molecule has 1 fully saturated rings. The first-order valence-electron chi connectivity index (χ1n) is 11.0. The molecule has 2 rings (SSSR count). The van der Waals surface area contributed by atoms with Crippen molar-refractivity contribution in [3.63, 3.8) is 0 Å². The van der Waals surface area contributed by atoms with Crippen molar-refractivity contribution in [2.24, 2.45) is 7.05 Å². The van der Waals surface area contributed by atoms with Gasteiger partial charge in [-0.15, -0.1) is 0 Å². The van der Waals surface area contributed by atoms with Gasteiger partial charge < -0.3 is 23.9 Å². The lowest BCUT2D eigenvalue weighted by Gasteiger charge is -2.16. The van der Waals surface area contributed by atoms with Gasteiger partial charge in [0.1, 0.15) is 11.9 Å². The van der Waals surface area contributed by atoms with Crippen molar-refractivity contribution < 1.29 is 24.1 Å². The Morgan fingerprint density at radius 2 is 2.07 bits per heavy atom. The average molecular weight is 423 g/mol. The Balaban J connectivity index is 2.12. The quantitative estimate of drug-likeness (QED) is 0.425. The van der Waals surface area contributed by atoms with E-state index in [0.29, 0.717) is 19.3 Å². The number of esters is 1. The van der Waals surface area contributed by atoms with Crippen molar-refractivity contribution in [2.45, 2.75) is 96.7 Å². The number of nitrogens with zero attached hydrogens (tertiary/aromatic N) is 2. The molecule has 0 radical (unpaired) electrons. The predicted octanol–water partition coefficient (Wildman–Crippen LogP) is 4.22. The molecule has 1 N–H and O–H groups in total. The first kappa shape index (κ1) is 24.6. The number of methoxy groups -OCH3 is 1. The third kappa shape index (κ3) is 6.65. The number of aliphatic hydroxyl groups is 1. The van der Waals surface area contributed by atoms with Crippen LogP contribution in [-0.2, 0) is 26.1 Å². The molecule has 30 heavy (non-hydrogen) atoms. The van der Waals surface area contributed by atoms with Gasteiger partial charge in [-0.05, 0) is 46.1 Å². The van der Waals surface area contributed by atoms with Crippen molar-refractivity contribution in [1.29, 1.82) is 0 Å². The van der Waals surface area contributed by atoms with Gasteiger partial charge in [0, 0.05) is 13.5 Å². The van der Waals surface area contributed by atoms with Crippen LogP contribution in [0.15, 0.2) is 6.08 Å². The van der Waals surface area contributed by atoms with Crippen LogP contribution >= 0.6 is 0 Å². The van der Waals surface area contributed by atoms with Crippen LogP contribution in [0.25, 0.3) is 6.08 Å². The SMILES string of the molecule is CCCCC[C@H](O)c1c(/C=C/C2OC(C)(C)OC2CCCC(=O)OC)nc(C)n1C. The van der Waals surface area contributed by atoms with Crippen molar-refractivity contribution in [3.05, 3.63) is 23.3 Å². The summed E-state index contributed by atoms with van der Waals surface area (Å²) in [5.74, 6) is -0.0447. The van der Waals surface area contributed by atoms with Gasteiger partial charge in [-0.3, -0.25) is 4.79 Å². The number of carbonyl (C=O) groups excluding carboxylic acids is 1. The zero-order valence-corrected chi connectivity index (χ0v) is 19.3. The zero-order valence-electron chi connectivity index (χ0n) is 19.3. The second-order valence-corrected chi connectivity index (χ2v) is 8.47. The Morgan fingerprint density at radius 1 is 1.33 bits per heavy atom. The van der Waals surface area contributed by atoms with Gasteiger partial charge in [-0.2, -0.15) is 0 Å². The molecule has 1 aromatic heterocycles. The maximum atomic E-state index is 11.4. The molecular weight excluding hydrogens is 384 g/mol. The molecule has 0 aromatic carbocycles. The molecule has 7 nitrogen and oxygen atoms in total. The summed E-state index contributed by atoms with van der Waals surface area (Å²) in [6.45, 7) is 7.87. The third-order valence-corrected chi connectivity index (χ3v) is 5.55. The van der Waals surface area contributed by atoms with E-state index in [9.17, 15) is 9.90 Å². The second kappa shape index (κ2) is 11.1. The molecule has 170 valence electrons. The number of carbonyl (C=O) groups is 1. The van der Waals surface area contributed by atoms with Crippen LogP contribution in [0.3, 0.4) is 0 Å². The number of hydrogen-bond donors (Lipinski definition) is 1. The molecule has 0 saturated carbocycles. The summed E-state index contributed by atoms with van der Waals surface area (Å²) in [5, 5.41) is 10.7. The van der Waals surface area contributed by atoms with Crippen molar-refractivity contribution in [2.75, 3.05) is 7.11 Å². The predicted molar refractivity (Wildman–Crippen MR) is 116 cm³/mol. The smallest absolute Gasteiger partial charge is 0.305 e. The second-order valence-electron chi connectivity index (χ2n) is 8.47. The fourth-order valence-corrected chi connectivity index (χ4v) is 3.88. The first-order valence-corrected chi connectivity index (χ1v) is 11.0. The summed E-state index contributed by atoms with van der Waals surface area (Å²) < 4.78 is 18.8. The molecule has 1 saturated heterocycles. The van der Waals surface area contributed by atoms with Crippen LogP contribution < -0.4 is 0 Å². The van der Waals surface area contributed by atoms with Gasteiger partial charge in [0.15, 0.2) is 5.79 Å². The van der Waals surface area contributed by atoms with E-state index >= 15 is 0 Å². The zero-order chi connectivity index (χ0) is 22.3. The summed E-state index contributed by atoms with van der Waals surface area (Å²) >= 11 is 0. The van der Waals surface area contributed by atoms with Gasteiger partial charge in [0.05, 0.1) is 30.7 Å². The van der Waals surface area contributed by atoms with Crippen molar-refractivity contribution in [1.82, 2.24) is 9.55 Å². The molecule has 0 bridgehead atoms. The molecular formula is C23H38N2O5. The highest BCUT2D eigenvalue weighted by molar-refractivity contribution is 5.69. The van der Waals surface area contributed by atoms with Crippen LogP contribution in [0.5, 0.6) is 0 Å². The molecule has 1 aliphatic rings. The average Bonchev–Trinajstić information content (AvgIpc) is 3.14. The van der Waals surface area contributed by atoms with Gasteiger partial charge >= 0.3 is 5.97 Å². The maximum Gasteiger partial charge on any atom is 0.305 e. The van der Waals surface area contributed by atoms with Crippen LogP contribution in [0.4, 0.5) is 0 Å². The van der Waals surface area contributed by atoms with E-state index in [1.807, 2.05) is 44.5 Å². The molecule has 1 aliphatic heterocycles. The summed E-state index contributed by atoms with van der Waals surface area (Å²) in [6.07, 6.45) is 8.61. The topological polar surface area (TPSA) is 82.8 Å². The van der Waals surface area contributed by atoms with Crippen LogP contribution in [0, 0.1) is 6.92 Å². The Hall–Kier alpha value is -1.70.